The highest BCUT2D eigenvalue weighted by atomic mass is 35.5. The number of aryl methyl sites for hydroxylation is 1. The van der Waals surface area contributed by atoms with Crippen molar-refractivity contribution >= 4 is 23.2 Å². The molecule has 140 valence electrons. The SMILES string of the molecule is Cc1cc(=O)n(-c2cc(-c3ccnc(Nc4cccc(Cl)c4)n3)ccn2)n1C. The summed E-state index contributed by atoms with van der Waals surface area (Å²) in [7, 11) is 1.82. The highest BCUT2D eigenvalue weighted by Gasteiger charge is 2.10. The third-order valence-corrected chi connectivity index (χ3v) is 4.58. The van der Waals surface area contributed by atoms with Gasteiger partial charge in [-0.25, -0.2) is 15.0 Å². The minimum atomic E-state index is -0.129. The zero-order valence-electron chi connectivity index (χ0n) is 15.3. The van der Waals surface area contributed by atoms with Gasteiger partial charge in [0.15, 0.2) is 5.82 Å². The van der Waals surface area contributed by atoms with Crippen molar-refractivity contribution in [2.45, 2.75) is 6.92 Å². The molecule has 0 amide bonds. The summed E-state index contributed by atoms with van der Waals surface area (Å²) in [5.74, 6) is 0.978. The van der Waals surface area contributed by atoms with Crippen LogP contribution in [0.3, 0.4) is 0 Å². The number of halogens is 1. The standard InChI is InChI=1S/C20H17ClN6O/c1-13-10-19(28)27(26(13)2)18-11-14(6-8-22-18)17-7-9-23-20(25-17)24-16-5-3-4-15(21)12-16/h3-12H,1-2H3,(H,23,24,25). The quantitative estimate of drug-likeness (QED) is 0.572. The molecule has 1 N–H and O–H groups in total. The minimum absolute atomic E-state index is 0.129. The zero-order valence-corrected chi connectivity index (χ0v) is 16.1. The molecule has 0 bridgehead atoms. The third kappa shape index (κ3) is 3.52. The average molecular weight is 393 g/mol. The van der Waals surface area contributed by atoms with Crippen LogP contribution in [0.1, 0.15) is 5.69 Å². The lowest BCUT2D eigenvalue weighted by atomic mass is 10.2. The summed E-state index contributed by atoms with van der Waals surface area (Å²) in [6, 6.07) is 14.4. The topological polar surface area (TPSA) is 77.6 Å². The van der Waals surface area contributed by atoms with Gasteiger partial charge in [0.25, 0.3) is 5.56 Å². The number of pyridine rings is 1. The summed E-state index contributed by atoms with van der Waals surface area (Å²) < 4.78 is 3.28. The van der Waals surface area contributed by atoms with Gasteiger partial charge in [0.05, 0.1) is 5.69 Å². The number of rotatable bonds is 4. The van der Waals surface area contributed by atoms with Gasteiger partial charge in [-0.2, -0.15) is 4.68 Å². The molecule has 1 aromatic carbocycles. The van der Waals surface area contributed by atoms with E-state index in [-0.39, 0.29) is 5.56 Å². The molecular formula is C20H17ClN6O. The van der Waals surface area contributed by atoms with Gasteiger partial charge in [0.2, 0.25) is 5.95 Å². The third-order valence-electron chi connectivity index (χ3n) is 4.35. The Hall–Kier alpha value is -3.45. The Morgan fingerprint density at radius 3 is 2.61 bits per heavy atom. The maximum Gasteiger partial charge on any atom is 0.273 e. The molecule has 3 aromatic heterocycles. The van der Waals surface area contributed by atoms with E-state index >= 15 is 0 Å². The number of aromatic nitrogens is 5. The van der Waals surface area contributed by atoms with Crippen molar-refractivity contribution in [2.75, 3.05) is 5.32 Å². The molecule has 0 radical (unpaired) electrons. The van der Waals surface area contributed by atoms with Crippen molar-refractivity contribution in [1.29, 1.82) is 0 Å². The van der Waals surface area contributed by atoms with Crippen molar-refractivity contribution in [2.24, 2.45) is 7.05 Å². The minimum Gasteiger partial charge on any atom is -0.324 e. The smallest absolute Gasteiger partial charge is 0.273 e. The number of anilines is 2. The Kier molecular flexibility index (Phi) is 4.67. The first kappa shape index (κ1) is 17.9. The first-order valence-corrected chi connectivity index (χ1v) is 8.97. The van der Waals surface area contributed by atoms with Crippen LogP contribution >= 0.6 is 11.6 Å². The second-order valence-electron chi connectivity index (χ2n) is 6.26. The lowest BCUT2D eigenvalue weighted by molar-refractivity contribution is 0.619. The van der Waals surface area contributed by atoms with Gasteiger partial charge in [-0.05, 0) is 43.3 Å². The largest absolute Gasteiger partial charge is 0.324 e. The Labute approximate surface area is 166 Å². The molecule has 8 heteroatoms. The van der Waals surface area contributed by atoms with E-state index in [2.05, 4.69) is 20.3 Å². The first-order valence-electron chi connectivity index (χ1n) is 8.59. The number of hydrogen-bond acceptors (Lipinski definition) is 5. The fourth-order valence-corrected chi connectivity index (χ4v) is 3.06. The van der Waals surface area contributed by atoms with Gasteiger partial charge >= 0.3 is 0 Å². The van der Waals surface area contributed by atoms with Crippen LogP contribution < -0.4 is 10.9 Å². The fourth-order valence-electron chi connectivity index (χ4n) is 2.87. The molecule has 4 rings (SSSR count). The molecule has 0 aliphatic heterocycles. The van der Waals surface area contributed by atoms with Gasteiger partial charge in [-0.15, -0.1) is 0 Å². The highest BCUT2D eigenvalue weighted by Crippen LogP contribution is 2.22. The van der Waals surface area contributed by atoms with Crippen LogP contribution in [0.25, 0.3) is 17.1 Å². The summed E-state index contributed by atoms with van der Waals surface area (Å²) in [6.07, 6.45) is 3.33. The van der Waals surface area contributed by atoms with E-state index in [1.165, 1.54) is 4.68 Å². The molecule has 0 unspecified atom stereocenters. The Morgan fingerprint density at radius 2 is 1.86 bits per heavy atom. The molecule has 7 nitrogen and oxygen atoms in total. The second kappa shape index (κ2) is 7.28. The molecule has 0 atom stereocenters. The predicted octanol–water partition coefficient (Wildman–Crippen LogP) is 3.73. The number of nitrogens with one attached hydrogen (secondary N) is 1. The van der Waals surface area contributed by atoms with E-state index < -0.39 is 0 Å². The Bertz CT molecular complexity index is 1210. The second-order valence-corrected chi connectivity index (χ2v) is 6.70. The van der Waals surface area contributed by atoms with E-state index in [4.69, 9.17) is 11.6 Å². The highest BCUT2D eigenvalue weighted by molar-refractivity contribution is 6.30. The van der Waals surface area contributed by atoms with Gasteiger partial charge in [-0.3, -0.25) is 9.48 Å². The zero-order chi connectivity index (χ0) is 19.7. The molecule has 0 saturated carbocycles. The molecule has 0 saturated heterocycles. The van der Waals surface area contributed by atoms with E-state index in [1.807, 2.05) is 38.2 Å². The molecule has 0 aliphatic rings. The summed E-state index contributed by atoms with van der Waals surface area (Å²) in [5, 5.41) is 3.77. The molecule has 0 aliphatic carbocycles. The first-order chi connectivity index (χ1) is 13.5. The van der Waals surface area contributed by atoms with E-state index in [1.54, 1.807) is 41.3 Å². The molecular weight excluding hydrogens is 376 g/mol. The van der Waals surface area contributed by atoms with Gasteiger partial charge in [-0.1, -0.05) is 17.7 Å². The summed E-state index contributed by atoms with van der Waals surface area (Å²) in [6.45, 7) is 1.87. The maximum absolute atomic E-state index is 12.2. The van der Waals surface area contributed by atoms with Crippen molar-refractivity contribution in [3.8, 4) is 17.1 Å². The summed E-state index contributed by atoms with van der Waals surface area (Å²) in [5.41, 5.74) is 3.06. The average Bonchev–Trinajstić information content (AvgIpc) is 2.94. The van der Waals surface area contributed by atoms with Crippen molar-refractivity contribution in [3.05, 3.63) is 82.0 Å². The number of hydrogen-bond donors (Lipinski definition) is 1. The van der Waals surface area contributed by atoms with Crippen LogP contribution in [0, 0.1) is 6.92 Å². The van der Waals surface area contributed by atoms with Crippen molar-refractivity contribution in [3.63, 3.8) is 0 Å². The summed E-state index contributed by atoms with van der Waals surface area (Å²) in [4.78, 5) is 25.4. The predicted molar refractivity (Wildman–Crippen MR) is 109 cm³/mol. The van der Waals surface area contributed by atoms with Crippen LogP contribution in [-0.4, -0.2) is 24.3 Å². The maximum atomic E-state index is 12.2. The lowest BCUT2D eigenvalue weighted by Crippen LogP contribution is -2.20. The normalized spacial score (nSPS) is 10.8. The molecule has 3 heterocycles. The van der Waals surface area contributed by atoms with Crippen LogP contribution in [0.5, 0.6) is 0 Å². The van der Waals surface area contributed by atoms with Crippen molar-refractivity contribution < 1.29 is 0 Å². The van der Waals surface area contributed by atoms with Crippen LogP contribution in [0.15, 0.2) is 65.7 Å². The Morgan fingerprint density at radius 1 is 1.04 bits per heavy atom. The summed E-state index contributed by atoms with van der Waals surface area (Å²) >= 11 is 6.02. The monoisotopic (exact) mass is 392 g/mol. The Balaban J connectivity index is 1.69. The van der Waals surface area contributed by atoms with Crippen molar-refractivity contribution in [1.82, 2.24) is 24.3 Å². The number of nitrogens with zero attached hydrogens (tertiary/aromatic N) is 5. The van der Waals surface area contributed by atoms with E-state index in [0.717, 1.165) is 16.9 Å². The van der Waals surface area contributed by atoms with Crippen LogP contribution in [0.4, 0.5) is 11.6 Å². The molecule has 28 heavy (non-hydrogen) atoms. The van der Waals surface area contributed by atoms with Gasteiger partial charge in [0.1, 0.15) is 0 Å². The van der Waals surface area contributed by atoms with Gasteiger partial charge < -0.3 is 5.32 Å². The molecule has 4 aromatic rings. The van der Waals surface area contributed by atoms with Gasteiger partial charge in [0, 0.05) is 47.5 Å². The lowest BCUT2D eigenvalue weighted by Gasteiger charge is -2.10. The van der Waals surface area contributed by atoms with Crippen LogP contribution in [0.2, 0.25) is 5.02 Å². The van der Waals surface area contributed by atoms with E-state index in [0.29, 0.717) is 22.5 Å². The van der Waals surface area contributed by atoms with Crippen LogP contribution in [-0.2, 0) is 7.05 Å². The molecule has 0 fully saturated rings. The fraction of sp³-hybridized carbons (Fsp3) is 0.100. The number of benzene rings is 1. The molecule has 0 spiro atoms. The van der Waals surface area contributed by atoms with E-state index in [9.17, 15) is 4.79 Å².